The Morgan fingerprint density at radius 3 is 2.38 bits per heavy atom. The van der Waals surface area contributed by atoms with Crippen LogP contribution in [0.5, 0.6) is 11.5 Å². The molecule has 0 radical (unpaired) electrons. The fourth-order valence-corrected chi connectivity index (χ4v) is 1.48. The molecule has 0 aromatic heterocycles. The minimum absolute atomic E-state index is 0.486. The summed E-state index contributed by atoms with van der Waals surface area (Å²) in [6, 6.07) is 7.79. The summed E-state index contributed by atoms with van der Waals surface area (Å²) >= 11 is 0. The lowest BCUT2D eigenvalue weighted by molar-refractivity contribution is 0.239. The van der Waals surface area contributed by atoms with E-state index in [1.807, 2.05) is 38.2 Å². The molecule has 0 saturated heterocycles. The van der Waals surface area contributed by atoms with Crippen LogP contribution in [0.4, 0.5) is 0 Å². The second-order valence-electron chi connectivity index (χ2n) is 3.85. The van der Waals surface area contributed by atoms with Crippen LogP contribution >= 0.6 is 0 Å². The molecule has 1 aromatic carbocycles. The lowest BCUT2D eigenvalue weighted by Gasteiger charge is -2.15. The largest absolute Gasteiger partial charge is 0.490 e. The van der Waals surface area contributed by atoms with E-state index < -0.39 is 0 Å². The number of ether oxygens (including phenoxy) is 2. The van der Waals surface area contributed by atoms with Crippen LogP contribution in [0.1, 0.15) is 13.8 Å². The minimum atomic E-state index is 0.486. The Balaban J connectivity index is 2.52. The van der Waals surface area contributed by atoms with E-state index in [4.69, 9.17) is 9.47 Å². The third-order valence-corrected chi connectivity index (χ3v) is 2.22. The fourth-order valence-electron chi connectivity index (χ4n) is 1.48. The van der Waals surface area contributed by atoms with Crippen molar-refractivity contribution >= 4 is 0 Å². The highest BCUT2D eigenvalue weighted by molar-refractivity contribution is 5.39. The normalized spacial score (nSPS) is 12.2. The molecule has 0 bridgehead atoms. The number of nitrogens with one attached hydrogen (secondary N) is 1. The van der Waals surface area contributed by atoms with Crippen LogP contribution in [0.25, 0.3) is 0 Å². The molecular formula is C13H21NO2. The zero-order chi connectivity index (χ0) is 11.8. The molecule has 0 unspecified atom stereocenters. The van der Waals surface area contributed by atoms with Gasteiger partial charge in [-0.25, -0.2) is 0 Å². The van der Waals surface area contributed by atoms with E-state index in [1.165, 1.54) is 0 Å². The van der Waals surface area contributed by atoms with Crippen LogP contribution in [-0.4, -0.2) is 26.8 Å². The van der Waals surface area contributed by atoms with E-state index in [2.05, 4.69) is 12.2 Å². The van der Waals surface area contributed by atoms with Gasteiger partial charge in [-0.2, -0.15) is 0 Å². The maximum atomic E-state index is 5.74. The SMILES string of the molecule is CCOc1ccccc1OC[C@H](C)CNC. The molecule has 1 rings (SSSR count). The van der Waals surface area contributed by atoms with Crippen molar-refractivity contribution in [2.45, 2.75) is 13.8 Å². The number of rotatable bonds is 7. The number of benzene rings is 1. The molecule has 0 aliphatic heterocycles. The lowest BCUT2D eigenvalue weighted by atomic mass is 10.2. The van der Waals surface area contributed by atoms with Gasteiger partial charge in [0.05, 0.1) is 13.2 Å². The van der Waals surface area contributed by atoms with E-state index in [1.54, 1.807) is 0 Å². The molecule has 0 spiro atoms. The third kappa shape index (κ3) is 4.11. The van der Waals surface area contributed by atoms with Crippen molar-refractivity contribution in [3.63, 3.8) is 0 Å². The molecule has 1 aromatic rings. The third-order valence-electron chi connectivity index (χ3n) is 2.22. The summed E-state index contributed by atoms with van der Waals surface area (Å²) in [5.41, 5.74) is 0. The van der Waals surface area contributed by atoms with Gasteiger partial charge < -0.3 is 14.8 Å². The number of hydrogen-bond donors (Lipinski definition) is 1. The molecule has 0 saturated carbocycles. The van der Waals surface area contributed by atoms with Crippen LogP contribution in [0, 0.1) is 5.92 Å². The van der Waals surface area contributed by atoms with Gasteiger partial charge in [-0.1, -0.05) is 19.1 Å². The summed E-state index contributed by atoms with van der Waals surface area (Å²) in [6.45, 7) is 6.44. The average Bonchev–Trinajstić information content (AvgIpc) is 2.29. The van der Waals surface area contributed by atoms with Gasteiger partial charge in [-0.15, -0.1) is 0 Å². The standard InChI is InChI=1S/C13H21NO2/c1-4-15-12-7-5-6-8-13(12)16-10-11(2)9-14-3/h5-8,11,14H,4,9-10H2,1-3H3/t11-/m1/s1. The number of para-hydroxylation sites is 2. The zero-order valence-corrected chi connectivity index (χ0v) is 10.3. The van der Waals surface area contributed by atoms with Crippen molar-refractivity contribution in [3.05, 3.63) is 24.3 Å². The van der Waals surface area contributed by atoms with Crippen molar-refractivity contribution in [1.29, 1.82) is 0 Å². The van der Waals surface area contributed by atoms with E-state index in [0.29, 0.717) is 19.1 Å². The first-order valence-electron chi connectivity index (χ1n) is 5.77. The van der Waals surface area contributed by atoms with E-state index in [9.17, 15) is 0 Å². The van der Waals surface area contributed by atoms with E-state index in [-0.39, 0.29) is 0 Å². The Kier molecular flexibility index (Phi) is 5.72. The summed E-state index contributed by atoms with van der Waals surface area (Å²) < 4.78 is 11.2. The highest BCUT2D eigenvalue weighted by atomic mass is 16.5. The molecule has 0 aliphatic carbocycles. The molecule has 0 fully saturated rings. The lowest BCUT2D eigenvalue weighted by Crippen LogP contribution is -2.21. The van der Waals surface area contributed by atoms with Gasteiger partial charge in [-0.3, -0.25) is 0 Å². The predicted molar refractivity (Wildman–Crippen MR) is 66.2 cm³/mol. The van der Waals surface area contributed by atoms with Crippen LogP contribution in [0.2, 0.25) is 0 Å². The predicted octanol–water partition coefficient (Wildman–Crippen LogP) is 2.32. The average molecular weight is 223 g/mol. The molecule has 0 aliphatic rings. The molecule has 0 amide bonds. The summed E-state index contributed by atoms with van der Waals surface area (Å²) in [6.07, 6.45) is 0. The van der Waals surface area contributed by atoms with E-state index >= 15 is 0 Å². The number of hydrogen-bond acceptors (Lipinski definition) is 3. The Hall–Kier alpha value is -1.22. The Morgan fingerprint density at radius 1 is 1.19 bits per heavy atom. The zero-order valence-electron chi connectivity index (χ0n) is 10.3. The van der Waals surface area contributed by atoms with Crippen molar-refractivity contribution < 1.29 is 9.47 Å². The van der Waals surface area contributed by atoms with Crippen LogP contribution in [-0.2, 0) is 0 Å². The maximum absolute atomic E-state index is 5.74. The summed E-state index contributed by atoms with van der Waals surface area (Å²) in [4.78, 5) is 0. The fraction of sp³-hybridized carbons (Fsp3) is 0.538. The molecule has 0 heterocycles. The van der Waals surface area contributed by atoms with Crippen LogP contribution in [0.3, 0.4) is 0 Å². The van der Waals surface area contributed by atoms with Crippen LogP contribution < -0.4 is 14.8 Å². The minimum Gasteiger partial charge on any atom is -0.490 e. The first-order valence-corrected chi connectivity index (χ1v) is 5.77. The highest BCUT2D eigenvalue weighted by Crippen LogP contribution is 2.26. The van der Waals surface area contributed by atoms with Gasteiger partial charge in [0.15, 0.2) is 11.5 Å². The molecule has 1 atom stereocenters. The topological polar surface area (TPSA) is 30.5 Å². The second kappa shape index (κ2) is 7.12. The molecule has 1 N–H and O–H groups in total. The van der Waals surface area contributed by atoms with Gasteiger partial charge in [0, 0.05) is 12.5 Å². The quantitative estimate of drug-likeness (QED) is 0.769. The first-order chi connectivity index (χ1) is 7.77. The van der Waals surface area contributed by atoms with Gasteiger partial charge in [-0.05, 0) is 26.1 Å². The van der Waals surface area contributed by atoms with Crippen molar-refractivity contribution in [2.75, 3.05) is 26.8 Å². The van der Waals surface area contributed by atoms with E-state index in [0.717, 1.165) is 18.0 Å². The summed E-state index contributed by atoms with van der Waals surface area (Å²) in [7, 11) is 1.95. The highest BCUT2D eigenvalue weighted by Gasteiger charge is 2.06. The Labute approximate surface area is 97.8 Å². The van der Waals surface area contributed by atoms with Gasteiger partial charge in [0.2, 0.25) is 0 Å². The Bertz CT molecular complexity index is 302. The molecule has 3 nitrogen and oxygen atoms in total. The molecular weight excluding hydrogens is 202 g/mol. The van der Waals surface area contributed by atoms with Crippen molar-refractivity contribution in [2.24, 2.45) is 5.92 Å². The molecule has 16 heavy (non-hydrogen) atoms. The molecule has 3 heteroatoms. The Morgan fingerprint density at radius 2 is 1.81 bits per heavy atom. The smallest absolute Gasteiger partial charge is 0.161 e. The van der Waals surface area contributed by atoms with Crippen molar-refractivity contribution in [1.82, 2.24) is 5.32 Å². The summed E-state index contributed by atoms with van der Waals surface area (Å²) in [5, 5.41) is 3.13. The summed E-state index contributed by atoms with van der Waals surface area (Å²) in [5.74, 6) is 2.13. The molecule has 90 valence electrons. The van der Waals surface area contributed by atoms with Crippen LogP contribution in [0.15, 0.2) is 24.3 Å². The van der Waals surface area contributed by atoms with Gasteiger partial charge in [0.25, 0.3) is 0 Å². The van der Waals surface area contributed by atoms with Gasteiger partial charge >= 0.3 is 0 Å². The second-order valence-corrected chi connectivity index (χ2v) is 3.85. The van der Waals surface area contributed by atoms with Crippen molar-refractivity contribution in [3.8, 4) is 11.5 Å². The van der Waals surface area contributed by atoms with Gasteiger partial charge in [0.1, 0.15) is 0 Å². The maximum Gasteiger partial charge on any atom is 0.161 e. The monoisotopic (exact) mass is 223 g/mol. The first kappa shape index (κ1) is 12.8.